The monoisotopic (exact) mass is 373 g/mol. The van der Waals surface area contributed by atoms with Gasteiger partial charge < -0.3 is 15.0 Å². The van der Waals surface area contributed by atoms with Gasteiger partial charge in [-0.2, -0.15) is 13.2 Å². The lowest BCUT2D eigenvalue weighted by Crippen LogP contribution is -2.56. The van der Waals surface area contributed by atoms with E-state index in [2.05, 4.69) is 24.1 Å². The zero-order valence-corrected chi connectivity index (χ0v) is 15.4. The zero-order valence-electron chi connectivity index (χ0n) is 15.4. The van der Waals surface area contributed by atoms with E-state index in [-0.39, 0.29) is 18.1 Å². The predicted molar refractivity (Wildman–Crippen MR) is 92.8 cm³/mol. The topological polar surface area (TPSA) is 44.8 Å². The molecule has 0 radical (unpaired) electrons. The van der Waals surface area contributed by atoms with Gasteiger partial charge in [0.25, 0.3) is 0 Å². The molecule has 0 atom stereocenters. The molecule has 1 aliphatic rings. The van der Waals surface area contributed by atoms with Crippen molar-refractivity contribution in [2.24, 2.45) is 0 Å². The summed E-state index contributed by atoms with van der Waals surface area (Å²) in [6.45, 7) is 7.86. The first-order valence-corrected chi connectivity index (χ1v) is 8.57. The molecule has 26 heavy (non-hydrogen) atoms. The largest absolute Gasteiger partial charge is 0.416 e. The van der Waals surface area contributed by atoms with Gasteiger partial charge in [-0.1, -0.05) is 12.1 Å². The number of benzene rings is 1. The quantitative estimate of drug-likeness (QED) is 0.863. The van der Waals surface area contributed by atoms with Crippen molar-refractivity contribution in [1.82, 2.24) is 15.1 Å². The van der Waals surface area contributed by atoms with Gasteiger partial charge in [-0.05, 0) is 31.5 Å². The van der Waals surface area contributed by atoms with Crippen molar-refractivity contribution in [1.29, 1.82) is 0 Å². The van der Waals surface area contributed by atoms with E-state index >= 15 is 0 Å². The first-order chi connectivity index (χ1) is 12.1. The van der Waals surface area contributed by atoms with E-state index in [1.54, 1.807) is 7.05 Å². The lowest BCUT2D eigenvalue weighted by Gasteiger charge is -2.41. The molecule has 146 valence electrons. The van der Waals surface area contributed by atoms with Gasteiger partial charge in [0, 0.05) is 38.8 Å². The summed E-state index contributed by atoms with van der Waals surface area (Å²) >= 11 is 0. The highest BCUT2D eigenvalue weighted by Crippen LogP contribution is 2.29. The minimum Gasteiger partial charge on any atom is -0.379 e. The lowest BCUT2D eigenvalue weighted by atomic mass is 10.0. The summed E-state index contributed by atoms with van der Waals surface area (Å²) in [5.41, 5.74) is -0.252. The van der Waals surface area contributed by atoms with Crippen molar-refractivity contribution >= 4 is 6.03 Å². The summed E-state index contributed by atoms with van der Waals surface area (Å²) in [6.07, 6.45) is -4.35. The Bertz CT molecular complexity index is 597. The van der Waals surface area contributed by atoms with Crippen LogP contribution in [0.1, 0.15) is 25.0 Å². The molecule has 0 unspecified atom stereocenters. The number of rotatable bonds is 5. The van der Waals surface area contributed by atoms with Crippen LogP contribution >= 0.6 is 0 Å². The van der Waals surface area contributed by atoms with E-state index in [1.807, 2.05) is 0 Å². The van der Waals surface area contributed by atoms with E-state index in [0.29, 0.717) is 25.3 Å². The summed E-state index contributed by atoms with van der Waals surface area (Å²) in [7, 11) is 1.62. The van der Waals surface area contributed by atoms with Gasteiger partial charge in [0.1, 0.15) is 0 Å². The Kier molecular flexibility index (Phi) is 6.52. The number of morpholine rings is 1. The van der Waals surface area contributed by atoms with Crippen LogP contribution < -0.4 is 5.32 Å². The number of nitrogens with zero attached hydrogens (tertiary/aromatic N) is 2. The third kappa shape index (κ3) is 5.60. The Labute approximate surface area is 152 Å². The average molecular weight is 373 g/mol. The van der Waals surface area contributed by atoms with E-state index in [1.165, 1.54) is 17.0 Å². The summed E-state index contributed by atoms with van der Waals surface area (Å²) in [4.78, 5) is 16.0. The molecule has 1 heterocycles. The van der Waals surface area contributed by atoms with Crippen molar-refractivity contribution in [3.8, 4) is 0 Å². The highest BCUT2D eigenvalue weighted by molar-refractivity contribution is 5.73. The molecule has 1 aromatic rings. The molecule has 1 N–H and O–H groups in total. The Morgan fingerprint density at radius 2 is 1.77 bits per heavy atom. The molecule has 1 aromatic carbocycles. The standard InChI is InChI=1S/C18H26F3N3O2/c1-17(2,24-8-10-26-11-9-24)13-22-16(25)23(3)12-14-4-6-15(7-5-14)18(19,20)21/h4-7H,8-13H2,1-3H3,(H,22,25). The van der Waals surface area contributed by atoms with Gasteiger partial charge in [-0.25, -0.2) is 4.79 Å². The summed E-state index contributed by atoms with van der Waals surface area (Å²) in [5.74, 6) is 0. The molecule has 8 heteroatoms. The van der Waals surface area contributed by atoms with Gasteiger partial charge in [0.2, 0.25) is 0 Å². The molecule has 2 amide bonds. The molecule has 2 rings (SSSR count). The maximum atomic E-state index is 12.6. The predicted octanol–water partition coefficient (Wildman–Crippen LogP) is 2.96. The van der Waals surface area contributed by atoms with Crippen LogP contribution in [-0.4, -0.2) is 61.3 Å². The van der Waals surface area contributed by atoms with Crippen molar-refractivity contribution in [2.45, 2.75) is 32.1 Å². The maximum absolute atomic E-state index is 12.6. The molecular weight excluding hydrogens is 347 g/mol. The number of halogens is 3. The second-order valence-electron chi connectivity index (χ2n) is 7.12. The molecular formula is C18H26F3N3O2. The number of amides is 2. The third-order valence-electron chi connectivity index (χ3n) is 4.59. The number of nitrogens with one attached hydrogen (secondary N) is 1. The Balaban J connectivity index is 1.85. The van der Waals surface area contributed by atoms with E-state index in [4.69, 9.17) is 4.74 Å². The first-order valence-electron chi connectivity index (χ1n) is 8.57. The van der Waals surface area contributed by atoms with Gasteiger partial charge in [0.05, 0.1) is 18.8 Å². The number of hydrogen-bond acceptors (Lipinski definition) is 3. The minimum atomic E-state index is -4.35. The van der Waals surface area contributed by atoms with Crippen LogP contribution in [0.5, 0.6) is 0 Å². The molecule has 1 aliphatic heterocycles. The Hall–Kier alpha value is -1.80. The van der Waals surface area contributed by atoms with Crippen molar-refractivity contribution in [3.05, 3.63) is 35.4 Å². The van der Waals surface area contributed by atoms with Crippen molar-refractivity contribution in [3.63, 3.8) is 0 Å². The van der Waals surface area contributed by atoms with Crippen LogP contribution in [0.4, 0.5) is 18.0 Å². The molecule has 0 spiro atoms. The van der Waals surface area contributed by atoms with Crippen LogP contribution in [0.25, 0.3) is 0 Å². The van der Waals surface area contributed by atoms with Gasteiger partial charge in [0.15, 0.2) is 0 Å². The fraction of sp³-hybridized carbons (Fsp3) is 0.611. The normalized spacial score (nSPS) is 16.4. The average Bonchev–Trinajstić information content (AvgIpc) is 2.60. The van der Waals surface area contributed by atoms with Crippen LogP contribution in [0, 0.1) is 0 Å². The van der Waals surface area contributed by atoms with Gasteiger partial charge >= 0.3 is 12.2 Å². The smallest absolute Gasteiger partial charge is 0.379 e. The van der Waals surface area contributed by atoms with Crippen molar-refractivity contribution in [2.75, 3.05) is 39.9 Å². The molecule has 0 aliphatic carbocycles. The highest BCUT2D eigenvalue weighted by atomic mass is 19.4. The molecule has 0 saturated carbocycles. The molecule has 0 aromatic heterocycles. The summed E-state index contributed by atoms with van der Waals surface area (Å²) in [6, 6.07) is 4.59. The fourth-order valence-corrected chi connectivity index (χ4v) is 2.85. The Morgan fingerprint density at radius 3 is 2.31 bits per heavy atom. The lowest BCUT2D eigenvalue weighted by molar-refractivity contribution is -0.137. The minimum absolute atomic E-state index is 0.200. The number of alkyl halides is 3. The van der Waals surface area contributed by atoms with Gasteiger partial charge in [-0.3, -0.25) is 4.90 Å². The van der Waals surface area contributed by atoms with Crippen molar-refractivity contribution < 1.29 is 22.7 Å². The van der Waals surface area contributed by atoms with Gasteiger partial charge in [-0.15, -0.1) is 0 Å². The van der Waals surface area contributed by atoms with Crippen LogP contribution in [0.15, 0.2) is 24.3 Å². The third-order valence-corrected chi connectivity index (χ3v) is 4.59. The number of hydrogen-bond donors (Lipinski definition) is 1. The molecule has 5 nitrogen and oxygen atoms in total. The molecule has 1 fully saturated rings. The number of carbonyl (C=O) groups is 1. The number of ether oxygens (including phenoxy) is 1. The number of urea groups is 1. The van der Waals surface area contributed by atoms with Crippen LogP contribution in [0.3, 0.4) is 0 Å². The van der Waals surface area contributed by atoms with E-state index in [9.17, 15) is 18.0 Å². The second-order valence-corrected chi connectivity index (χ2v) is 7.12. The Morgan fingerprint density at radius 1 is 1.19 bits per heavy atom. The zero-order chi connectivity index (χ0) is 19.4. The number of carbonyl (C=O) groups excluding carboxylic acids is 1. The SMILES string of the molecule is CN(Cc1ccc(C(F)(F)F)cc1)C(=O)NCC(C)(C)N1CCOCC1. The second kappa shape index (κ2) is 8.26. The van der Waals surface area contributed by atoms with Crippen LogP contribution in [-0.2, 0) is 17.5 Å². The molecule has 0 bridgehead atoms. The maximum Gasteiger partial charge on any atom is 0.416 e. The summed E-state index contributed by atoms with van der Waals surface area (Å²) in [5, 5.41) is 2.90. The summed E-state index contributed by atoms with van der Waals surface area (Å²) < 4.78 is 43.1. The fourth-order valence-electron chi connectivity index (χ4n) is 2.85. The molecule has 1 saturated heterocycles. The van der Waals surface area contributed by atoms with Crippen LogP contribution in [0.2, 0.25) is 0 Å². The van der Waals surface area contributed by atoms with E-state index < -0.39 is 11.7 Å². The van der Waals surface area contributed by atoms with E-state index in [0.717, 1.165) is 25.2 Å². The first kappa shape index (κ1) is 20.5. The highest BCUT2D eigenvalue weighted by Gasteiger charge is 2.30.